The van der Waals surface area contributed by atoms with Crippen molar-refractivity contribution in [3.63, 3.8) is 0 Å². The minimum Gasteiger partial charge on any atom is -0.480 e. The molecule has 0 spiro atoms. The van der Waals surface area contributed by atoms with Crippen LogP contribution in [0.15, 0.2) is 30.5 Å². The van der Waals surface area contributed by atoms with Crippen LogP contribution in [0.25, 0.3) is 10.9 Å². The molecule has 2 aliphatic rings. The number of piperazine rings is 1. The fraction of sp³-hybridized carbons (Fsp3) is 0.500. The number of fused-ring (bicyclic) bond motifs is 1. The zero-order valence-electron chi connectivity index (χ0n) is 15.8. The van der Waals surface area contributed by atoms with Gasteiger partial charge in [0.2, 0.25) is 5.91 Å². The summed E-state index contributed by atoms with van der Waals surface area (Å²) in [5.74, 6) is -0.717. The summed E-state index contributed by atoms with van der Waals surface area (Å²) in [6.45, 7) is 5.50. The van der Waals surface area contributed by atoms with Gasteiger partial charge < -0.3 is 19.7 Å². The van der Waals surface area contributed by atoms with Gasteiger partial charge in [0.05, 0.1) is 19.8 Å². The summed E-state index contributed by atoms with van der Waals surface area (Å²) in [4.78, 5) is 33.6. The van der Waals surface area contributed by atoms with E-state index in [1.807, 2.05) is 34.1 Å². The Balaban J connectivity index is 1.40. The molecular weight excluding hydrogens is 360 g/mol. The van der Waals surface area contributed by atoms with Crippen molar-refractivity contribution >= 4 is 22.8 Å². The summed E-state index contributed by atoms with van der Waals surface area (Å²) >= 11 is 0. The third-order valence-corrected chi connectivity index (χ3v) is 5.64. The summed E-state index contributed by atoms with van der Waals surface area (Å²) in [6, 6.07) is 7.07. The summed E-state index contributed by atoms with van der Waals surface area (Å²) < 4.78 is 5.30. The van der Waals surface area contributed by atoms with Gasteiger partial charge in [0.15, 0.2) is 0 Å². The molecule has 2 N–H and O–H groups in total. The summed E-state index contributed by atoms with van der Waals surface area (Å²) in [5.41, 5.74) is 1.74. The van der Waals surface area contributed by atoms with Gasteiger partial charge in [0.1, 0.15) is 6.04 Å². The largest absolute Gasteiger partial charge is 0.480 e. The molecule has 0 bridgehead atoms. The third-order valence-electron chi connectivity index (χ3n) is 5.64. The predicted molar refractivity (Wildman–Crippen MR) is 104 cm³/mol. The molecule has 8 heteroatoms. The first-order chi connectivity index (χ1) is 13.6. The third kappa shape index (κ3) is 3.89. The number of ether oxygens (including phenoxy) is 1. The Labute approximate surface area is 163 Å². The second-order valence-electron chi connectivity index (χ2n) is 7.34. The number of H-pyrrole nitrogens is 1. The quantitative estimate of drug-likeness (QED) is 0.789. The van der Waals surface area contributed by atoms with E-state index in [0.717, 1.165) is 16.5 Å². The molecule has 8 nitrogen and oxygen atoms in total. The first kappa shape index (κ1) is 18.9. The van der Waals surface area contributed by atoms with Gasteiger partial charge in [-0.3, -0.25) is 19.4 Å². The molecule has 1 atom stereocenters. The van der Waals surface area contributed by atoms with Crippen molar-refractivity contribution in [2.75, 3.05) is 59.0 Å². The lowest BCUT2D eigenvalue weighted by Gasteiger charge is -2.38. The molecule has 2 aromatic rings. The van der Waals surface area contributed by atoms with Gasteiger partial charge in [0.25, 0.3) is 0 Å². The van der Waals surface area contributed by atoms with Gasteiger partial charge in [-0.1, -0.05) is 18.2 Å². The second kappa shape index (κ2) is 8.30. The average Bonchev–Trinajstić information content (AvgIpc) is 3.14. The number of aromatic amines is 1. The predicted octanol–water partition coefficient (Wildman–Crippen LogP) is 0.770. The molecule has 1 aromatic carbocycles. The Morgan fingerprint density at radius 1 is 1.07 bits per heavy atom. The molecule has 2 saturated heterocycles. The topological polar surface area (TPSA) is 89.1 Å². The highest BCUT2D eigenvalue weighted by atomic mass is 16.5. The molecule has 0 aliphatic carbocycles. The van der Waals surface area contributed by atoms with Gasteiger partial charge in [-0.2, -0.15) is 0 Å². The fourth-order valence-corrected chi connectivity index (χ4v) is 4.09. The van der Waals surface area contributed by atoms with Crippen molar-refractivity contribution in [3.05, 3.63) is 36.0 Å². The van der Waals surface area contributed by atoms with E-state index < -0.39 is 12.0 Å². The van der Waals surface area contributed by atoms with E-state index in [0.29, 0.717) is 59.0 Å². The summed E-state index contributed by atoms with van der Waals surface area (Å²) in [5, 5.41) is 10.8. The van der Waals surface area contributed by atoms with E-state index in [9.17, 15) is 14.7 Å². The number of aromatic nitrogens is 1. The molecule has 0 radical (unpaired) electrons. The average molecular weight is 386 g/mol. The Kier molecular flexibility index (Phi) is 5.61. The van der Waals surface area contributed by atoms with Gasteiger partial charge in [0, 0.05) is 61.9 Å². The van der Waals surface area contributed by atoms with Crippen LogP contribution < -0.4 is 0 Å². The van der Waals surface area contributed by atoms with E-state index in [2.05, 4.69) is 9.88 Å². The van der Waals surface area contributed by atoms with Gasteiger partial charge in [-0.05, 0) is 6.07 Å². The van der Waals surface area contributed by atoms with Crippen LogP contribution in [0.4, 0.5) is 0 Å². The monoisotopic (exact) mass is 386 g/mol. The number of rotatable bonds is 5. The number of carbonyl (C=O) groups excluding carboxylic acids is 1. The number of carbonyl (C=O) groups is 2. The number of para-hydroxylation sites is 1. The molecule has 2 fully saturated rings. The number of morpholine rings is 1. The molecule has 3 heterocycles. The van der Waals surface area contributed by atoms with Crippen molar-refractivity contribution in [1.82, 2.24) is 19.7 Å². The van der Waals surface area contributed by atoms with Crippen molar-refractivity contribution in [1.29, 1.82) is 0 Å². The standard InChI is InChI=1S/C20H26N4O4/c25-18(23-9-11-28-12-10-23)14-22-5-7-24(8-6-22)19(20(26)27)16-13-21-17-4-2-1-3-15(16)17/h1-4,13,19,21H,5-12,14H2,(H,26,27). The number of hydrogen-bond donors (Lipinski definition) is 2. The van der Waals surface area contributed by atoms with Crippen LogP contribution in [0.3, 0.4) is 0 Å². The van der Waals surface area contributed by atoms with Crippen LogP contribution in [-0.2, 0) is 14.3 Å². The number of carboxylic acid groups (broad SMARTS) is 1. The van der Waals surface area contributed by atoms with E-state index >= 15 is 0 Å². The van der Waals surface area contributed by atoms with Crippen molar-refractivity contribution < 1.29 is 19.4 Å². The normalized spacial score (nSPS) is 20.4. The fourth-order valence-electron chi connectivity index (χ4n) is 4.09. The lowest BCUT2D eigenvalue weighted by atomic mass is 10.0. The Bertz CT molecular complexity index is 838. The number of amides is 1. The molecule has 2 aliphatic heterocycles. The van der Waals surface area contributed by atoms with Crippen LogP contribution in [0, 0.1) is 0 Å². The number of nitrogens with one attached hydrogen (secondary N) is 1. The number of nitrogens with zero attached hydrogens (tertiary/aromatic N) is 3. The number of hydrogen-bond acceptors (Lipinski definition) is 5. The molecule has 1 amide bonds. The molecular formula is C20H26N4O4. The van der Waals surface area contributed by atoms with Crippen molar-refractivity contribution in [3.8, 4) is 0 Å². The molecule has 28 heavy (non-hydrogen) atoms. The minimum absolute atomic E-state index is 0.128. The van der Waals surface area contributed by atoms with E-state index in [-0.39, 0.29) is 5.91 Å². The van der Waals surface area contributed by atoms with Crippen LogP contribution in [0.5, 0.6) is 0 Å². The van der Waals surface area contributed by atoms with E-state index in [1.165, 1.54) is 0 Å². The molecule has 150 valence electrons. The van der Waals surface area contributed by atoms with Crippen LogP contribution in [0.1, 0.15) is 11.6 Å². The minimum atomic E-state index is -0.845. The zero-order chi connectivity index (χ0) is 19.5. The van der Waals surface area contributed by atoms with Gasteiger partial charge in [-0.25, -0.2) is 0 Å². The lowest BCUT2D eigenvalue weighted by molar-refractivity contribution is -0.145. The highest BCUT2D eigenvalue weighted by Crippen LogP contribution is 2.29. The number of carboxylic acids is 1. The maximum Gasteiger partial charge on any atom is 0.325 e. The smallest absolute Gasteiger partial charge is 0.325 e. The Morgan fingerprint density at radius 3 is 2.50 bits per heavy atom. The zero-order valence-corrected chi connectivity index (χ0v) is 15.8. The lowest BCUT2D eigenvalue weighted by Crippen LogP contribution is -2.52. The van der Waals surface area contributed by atoms with Crippen molar-refractivity contribution in [2.24, 2.45) is 0 Å². The van der Waals surface area contributed by atoms with Crippen LogP contribution in [-0.4, -0.2) is 95.7 Å². The first-order valence-corrected chi connectivity index (χ1v) is 9.74. The van der Waals surface area contributed by atoms with Gasteiger partial charge >= 0.3 is 5.97 Å². The van der Waals surface area contributed by atoms with Crippen LogP contribution >= 0.6 is 0 Å². The maximum atomic E-state index is 12.4. The summed E-state index contributed by atoms with van der Waals surface area (Å²) in [7, 11) is 0. The molecule has 4 rings (SSSR count). The number of benzene rings is 1. The maximum absolute atomic E-state index is 12.4. The Morgan fingerprint density at radius 2 is 1.79 bits per heavy atom. The SMILES string of the molecule is O=C(O)C(c1c[nH]c2ccccc12)N1CCN(CC(=O)N2CCOCC2)CC1. The van der Waals surface area contributed by atoms with Crippen LogP contribution in [0.2, 0.25) is 0 Å². The van der Waals surface area contributed by atoms with E-state index in [1.54, 1.807) is 6.20 Å². The summed E-state index contributed by atoms with van der Waals surface area (Å²) in [6.07, 6.45) is 1.80. The first-order valence-electron chi connectivity index (χ1n) is 9.74. The molecule has 0 saturated carbocycles. The second-order valence-corrected chi connectivity index (χ2v) is 7.34. The highest BCUT2D eigenvalue weighted by Gasteiger charge is 2.32. The van der Waals surface area contributed by atoms with Gasteiger partial charge in [-0.15, -0.1) is 0 Å². The van der Waals surface area contributed by atoms with E-state index in [4.69, 9.17) is 4.74 Å². The van der Waals surface area contributed by atoms with Crippen molar-refractivity contribution in [2.45, 2.75) is 6.04 Å². The Hall–Kier alpha value is -2.42. The highest BCUT2D eigenvalue weighted by molar-refractivity contribution is 5.89. The molecule has 1 aromatic heterocycles. The molecule has 1 unspecified atom stereocenters. The number of aliphatic carboxylic acids is 1.